The molecule has 1 heterocycles. The first kappa shape index (κ1) is 11.2. The van der Waals surface area contributed by atoms with E-state index in [-0.39, 0.29) is 0 Å². The maximum atomic E-state index is 4.39. The van der Waals surface area contributed by atoms with Gasteiger partial charge >= 0.3 is 0 Å². The second-order valence-corrected chi connectivity index (χ2v) is 4.53. The average Bonchev–Trinajstić information content (AvgIpc) is 2.73. The van der Waals surface area contributed by atoms with Gasteiger partial charge in [0.25, 0.3) is 0 Å². The van der Waals surface area contributed by atoms with Crippen LogP contribution in [0.15, 0.2) is 30.3 Å². The lowest BCUT2D eigenvalue weighted by Crippen LogP contribution is -2.18. The average molecular weight is 233 g/mol. The molecule has 2 aromatic rings. The summed E-state index contributed by atoms with van der Waals surface area (Å²) >= 11 is 1.49. The van der Waals surface area contributed by atoms with Crippen LogP contribution in [0.2, 0.25) is 0 Å². The van der Waals surface area contributed by atoms with Crippen molar-refractivity contribution in [3.8, 4) is 0 Å². The molecule has 1 atom stereocenters. The fraction of sp³-hybridized carbons (Fsp3) is 0.333. The molecule has 2 rings (SSSR count). The van der Waals surface area contributed by atoms with Gasteiger partial charge in [0.15, 0.2) is 0 Å². The molecular formula is C12H15N3S. The Balaban J connectivity index is 2.12. The van der Waals surface area contributed by atoms with E-state index in [4.69, 9.17) is 0 Å². The van der Waals surface area contributed by atoms with Gasteiger partial charge in [-0.1, -0.05) is 30.3 Å². The first-order valence-electron chi connectivity index (χ1n) is 5.31. The van der Waals surface area contributed by atoms with E-state index in [9.17, 15) is 0 Å². The molecule has 0 saturated carbocycles. The van der Waals surface area contributed by atoms with E-state index in [1.807, 2.05) is 20.0 Å². The Morgan fingerprint density at radius 2 is 2.06 bits per heavy atom. The highest BCUT2D eigenvalue weighted by Gasteiger charge is 2.12. The molecule has 4 heteroatoms. The molecule has 0 fully saturated rings. The van der Waals surface area contributed by atoms with E-state index in [1.165, 1.54) is 17.1 Å². The molecule has 0 radical (unpaired) electrons. The molecule has 0 bridgehead atoms. The highest BCUT2D eigenvalue weighted by atomic mass is 32.1. The first-order chi connectivity index (χ1) is 7.79. The second-order valence-electron chi connectivity index (χ2n) is 3.69. The summed E-state index contributed by atoms with van der Waals surface area (Å²) in [7, 11) is 1.98. The molecule has 0 saturated heterocycles. The standard InChI is InChI=1S/C12H15N3S/c1-9-14-12(16-15-9)8-11(13-2)10-6-4-3-5-7-10/h3-7,11,13H,8H2,1-2H3. The van der Waals surface area contributed by atoms with Crippen LogP contribution in [-0.2, 0) is 6.42 Å². The molecule has 84 valence electrons. The predicted octanol–water partition coefficient (Wildman–Crippen LogP) is 2.35. The largest absolute Gasteiger partial charge is 0.313 e. The van der Waals surface area contributed by atoms with Crippen molar-refractivity contribution in [2.24, 2.45) is 0 Å². The van der Waals surface area contributed by atoms with Crippen LogP contribution in [0.5, 0.6) is 0 Å². The Morgan fingerprint density at radius 1 is 1.31 bits per heavy atom. The summed E-state index contributed by atoms with van der Waals surface area (Å²) in [6.07, 6.45) is 0.895. The summed E-state index contributed by atoms with van der Waals surface area (Å²) in [5, 5.41) is 4.40. The van der Waals surface area contributed by atoms with Crippen molar-refractivity contribution in [2.75, 3.05) is 7.05 Å². The molecule has 1 aromatic heterocycles. The van der Waals surface area contributed by atoms with Gasteiger partial charge in [-0.25, -0.2) is 4.98 Å². The molecule has 0 spiro atoms. The number of hydrogen-bond donors (Lipinski definition) is 1. The summed E-state index contributed by atoms with van der Waals surface area (Å²) < 4.78 is 4.20. The van der Waals surface area contributed by atoms with Gasteiger partial charge < -0.3 is 5.32 Å². The molecule has 0 aliphatic heterocycles. The highest BCUT2D eigenvalue weighted by molar-refractivity contribution is 7.05. The van der Waals surface area contributed by atoms with Crippen molar-refractivity contribution in [1.29, 1.82) is 0 Å². The number of nitrogens with one attached hydrogen (secondary N) is 1. The zero-order valence-electron chi connectivity index (χ0n) is 9.47. The number of aryl methyl sites for hydroxylation is 1. The Morgan fingerprint density at radius 3 is 2.62 bits per heavy atom. The fourth-order valence-corrected chi connectivity index (χ4v) is 2.36. The van der Waals surface area contributed by atoms with Crippen LogP contribution in [0.1, 0.15) is 22.4 Å². The summed E-state index contributed by atoms with van der Waals surface area (Å²) in [5.74, 6) is 0.864. The van der Waals surface area contributed by atoms with Gasteiger partial charge in [-0.15, -0.1) is 0 Å². The number of hydrogen-bond acceptors (Lipinski definition) is 4. The molecule has 1 N–H and O–H groups in total. The third-order valence-electron chi connectivity index (χ3n) is 2.50. The molecular weight excluding hydrogens is 218 g/mol. The zero-order chi connectivity index (χ0) is 11.4. The second kappa shape index (κ2) is 5.18. The lowest BCUT2D eigenvalue weighted by molar-refractivity contribution is 0.590. The van der Waals surface area contributed by atoms with Crippen molar-refractivity contribution in [2.45, 2.75) is 19.4 Å². The van der Waals surface area contributed by atoms with E-state index in [0.717, 1.165) is 17.3 Å². The molecule has 0 aliphatic rings. The maximum absolute atomic E-state index is 4.39. The van der Waals surface area contributed by atoms with Crippen molar-refractivity contribution in [3.05, 3.63) is 46.7 Å². The lowest BCUT2D eigenvalue weighted by Gasteiger charge is -2.14. The number of likely N-dealkylation sites (N-methyl/N-ethyl adjacent to an activating group) is 1. The molecule has 0 aliphatic carbocycles. The van der Waals surface area contributed by atoms with Gasteiger partial charge in [0.1, 0.15) is 10.8 Å². The molecule has 1 unspecified atom stereocenters. The van der Waals surface area contributed by atoms with Crippen molar-refractivity contribution in [1.82, 2.24) is 14.7 Å². The van der Waals surface area contributed by atoms with Gasteiger partial charge in [0.2, 0.25) is 0 Å². The quantitative estimate of drug-likeness (QED) is 0.881. The highest BCUT2D eigenvalue weighted by Crippen LogP contribution is 2.18. The summed E-state index contributed by atoms with van der Waals surface area (Å²) in [5.41, 5.74) is 1.29. The third kappa shape index (κ3) is 2.65. The number of rotatable bonds is 4. The van der Waals surface area contributed by atoms with Gasteiger partial charge in [-0.05, 0) is 31.1 Å². The number of nitrogens with zero attached hydrogens (tertiary/aromatic N) is 2. The Labute approximate surface area is 99.7 Å². The summed E-state index contributed by atoms with van der Waals surface area (Å²) in [4.78, 5) is 4.39. The van der Waals surface area contributed by atoms with E-state index in [1.54, 1.807) is 0 Å². The summed E-state index contributed by atoms with van der Waals surface area (Å²) in [6.45, 7) is 1.93. The van der Waals surface area contributed by atoms with Crippen LogP contribution in [-0.4, -0.2) is 16.4 Å². The summed E-state index contributed by atoms with van der Waals surface area (Å²) in [6, 6.07) is 10.7. The van der Waals surface area contributed by atoms with Crippen LogP contribution in [0.4, 0.5) is 0 Å². The zero-order valence-corrected chi connectivity index (χ0v) is 10.3. The van der Waals surface area contributed by atoms with Gasteiger partial charge in [0.05, 0.1) is 0 Å². The first-order valence-corrected chi connectivity index (χ1v) is 6.08. The van der Waals surface area contributed by atoms with Crippen LogP contribution >= 0.6 is 11.5 Å². The van der Waals surface area contributed by atoms with Gasteiger partial charge in [-0.3, -0.25) is 0 Å². The Kier molecular flexibility index (Phi) is 3.64. The Hall–Kier alpha value is -1.26. The monoisotopic (exact) mass is 233 g/mol. The molecule has 1 aromatic carbocycles. The van der Waals surface area contributed by atoms with Crippen LogP contribution in [0.25, 0.3) is 0 Å². The van der Waals surface area contributed by atoms with Crippen molar-refractivity contribution < 1.29 is 0 Å². The third-order valence-corrected chi connectivity index (χ3v) is 3.32. The van der Waals surface area contributed by atoms with E-state index in [0.29, 0.717) is 6.04 Å². The lowest BCUT2D eigenvalue weighted by atomic mass is 10.0. The minimum absolute atomic E-state index is 0.313. The van der Waals surface area contributed by atoms with Crippen molar-refractivity contribution in [3.63, 3.8) is 0 Å². The van der Waals surface area contributed by atoms with E-state index < -0.39 is 0 Å². The van der Waals surface area contributed by atoms with Gasteiger partial charge in [0, 0.05) is 12.5 Å². The minimum atomic E-state index is 0.313. The van der Waals surface area contributed by atoms with Crippen LogP contribution < -0.4 is 5.32 Å². The van der Waals surface area contributed by atoms with E-state index in [2.05, 4.69) is 38.9 Å². The van der Waals surface area contributed by atoms with E-state index >= 15 is 0 Å². The topological polar surface area (TPSA) is 37.8 Å². The van der Waals surface area contributed by atoms with Crippen molar-refractivity contribution >= 4 is 11.5 Å². The predicted molar refractivity (Wildman–Crippen MR) is 66.6 cm³/mol. The number of benzene rings is 1. The molecule has 3 nitrogen and oxygen atoms in total. The minimum Gasteiger partial charge on any atom is -0.313 e. The number of aromatic nitrogens is 2. The van der Waals surface area contributed by atoms with Gasteiger partial charge in [-0.2, -0.15) is 4.37 Å². The smallest absolute Gasteiger partial charge is 0.139 e. The Bertz CT molecular complexity index is 439. The van der Waals surface area contributed by atoms with Crippen LogP contribution in [0.3, 0.4) is 0 Å². The molecule has 0 amide bonds. The molecule has 16 heavy (non-hydrogen) atoms. The fourth-order valence-electron chi connectivity index (χ4n) is 1.67. The van der Waals surface area contributed by atoms with Crippen LogP contribution in [0, 0.1) is 6.92 Å². The SMILES string of the molecule is CNC(Cc1nc(C)ns1)c1ccccc1. The normalized spacial score (nSPS) is 12.6. The maximum Gasteiger partial charge on any atom is 0.139 e.